The second kappa shape index (κ2) is 6.97. The summed E-state index contributed by atoms with van der Waals surface area (Å²) < 4.78 is 51.3. The molecule has 0 heterocycles. The van der Waals surface area contributed by atoms with E-state index in [0.29, 0.717) is 11.3 Å². The first-order valence-corrected chi connectivity index (χ1v) is 8.36. The Balaban J connectivity index is 2.36. The van der Waals surface area contributed by atoms with Gasteiger partial charge in [-0.3, -0.25) is 0 Å². The molecule has 0 aromatic heterocycles. The lowest BCUT2D eigenvalue weighted by Crippen LogP contribution is -2.27. The molecule has 2 rings (SSSR count). The molecule has 7 heteroatoms. The van der Waals surface area contributed by atoms with Crippen molar-refractivity contribution in [1.82, 2.24) is 4.72 Å². The van der Waals surface area contributed by atoms with Crippen LogP contribution in [0.5, 0.6) is 11.5 Å². The Morgan fingerprint density at radius 3 is 2.35 bits per heavy atom. The summed E-state index contributed by atoms with van der Waals surface area (Å²) in [4.78, 5) is 0.0183. The molecule has 5 nitrogen and oxygen atoms in total. The van der Waals surface area contributed by atoms with Crippen molar-refractivity contribution in [2.24, 2.45) is 0 Å². The average molecular weight is 339 g/mol. The largest absolute Gasteiger partial charge is 0.496 e. The maximum Gasteiger partial charge on any atom is 0.244 e. The topological polar surface area (TPSA) is 64.6 Å². The molecule has 0 unspecified atom stereocenters. The molecule has 2 aromatic carbocycles. The van der Waals surface area contributed by atoms with Crippen LogP contribution in [0.25, 0.3) is 0 Å². The Labute approximate surface area is 135 Å². The van der Waals surface area contributed by atoms with Gasteiger partial charge in [0.25, 0.3) is 0 Å². The predicted octanol–water partition coefficient (Wildman–Crippen LogP) is 2.88. The summed E-state index contributed by atoms with van der Waals surface area (Å²) in [7, 11) is -1.00. The predicted molar refractivity (Wildman–Crippen MR) is 84.7 cm³/mol. The summed E-state index contributed by atoms with van der Waals surface area (Å²) in [5.74, 6) is 0.171. The minimum atomic E-state index is -3.84. The molecule has 124 valence electrons. The fourth-order valence-electron chi connectivity index (χ4n) is 2.24. The third-order valence-electron chi connectivity index (χ3n) is 3.35. The number of hydrogen-bond acceptors (Lipinski definition) is 4. The van der Waals surface area contributed by atoms with Crippen LogP contribution in [-0.2, 0) is 10.0 Å². The molecule has 0 spiro atoms. The Bertz CT molecular complexity index is 792. The molecule has 0 saturated carbocycles. The van der Waals surface area contributed by atoms with Crippen molar-refractivity contribution >= 4 is 10.0 Å². The summed E-state index contributed by atoms with van der Waals surface area (Å²) in [6.07, 6.45) is 0. The van der Waals surface area contributed by atoms with Gasteiger partial charge in [0.15, 0.2) is 0 Å². The van der Waals surface area contributed by atoms with Gasteiger partial charge >= 0.3 is 0 Å². The van der Waals surface area contributed by atoms with Crippen molar-refractivity contribution in [3.05, 3.63) is 53.8 Å². The van der Waals surface area contributed by atoms with Crippen molar-refractivity contribution < 1.29 is 22.3 Å². The molecule has 0 aliphatic heterocycles. The molecule has 0 radical (unpaired) electrons. The van der Waals surface area contributed by atoms with Crippen molar-refractivity contribution in [1.29, 1.82) is 0 Å². The van der Waals surface area contributed by atoms with Crippen LogP contribution in [0.1, 0.15) is 18.5 Å². The molecule has 1 atom stereocenters. The summed E-state index contributed by atoms with van der Waals surface area (Å²) in [5, 5.41) is 0. The SMILES string of the molecule is COc1ccc(F)cc1[C@@H](C)NS(=O)(=O)c1ccccc1OC. The van der Waals surface area contributed by atoms with Crippen molar-refractivity contribution in [2.45, 2.75) is 17.9 Å². The zero-order valence-corrected chi connectivity index (χ0v) is 13.9. The van der Waals surface area contributed by atoms with E-state index >= 15 is 0 Å². The van der Waals surface area contributed by atoms with E-state index in [2.05, 4.69) is 4.72 Å². The van der Waals surface area contributed by atoms with E-state index in [-0.39, 0.29) is 10.6 Å². The highest BCUT2D eigenvalue weighted by atomic mass is 32.2. The third-order valence-corrected chi connectivity index (χ3v) is 4.93. The first-order chi connectivity index (χ1) is 10.9. The summed E-state index contributed by atoms with van der Waals surface area (Å²) in [5.41, 5.74) is 0.408. The molecule has 2 aromatic rings. The Kier molecular flexibility index (Phi) is 5.23. The molecule has 0 saturated heterocycles. The number of methoxy groups -OCH3 is 2. The van der Waals surface area contributed by atoms with Gasteiger partial charge in [0.1, 0.15) is 22.2 Å². The van der Waals surface area contributed by atoms with Gasteiger partial charge in [-0.1, -0.05) is 12.1 Å². The van der Waals surface area contributed by atoms with Crippen molar-refractivity contribution in [3.8, 4) is 11.5 Å². The number of nitrogens with one attached hydrogen (secondary N) is 1. The van der Waals surface area contributed by atoms with Crippen LogP contribution >= 0.6 is 0 Å². The lowest BCUT2D eigenvalue weighted by atomic mass is 10.1. The van der Waals surface area contributed by atoms with Crippen LogP contribution in [0.4, 0.5) is 4.39 Å². The normalized spacial score (nSPS) is 12.7. The number of para-hydroxylation sites is 1. The van der Waals surface area contributed by atoms with Gasteiger partial charge in [0, 0.05) is 11.6 Å². The fraction of sp³-hybridized carbons (Fsp3) is 0.250. The molecule has 0 amide bonds. The summed E-state index contributed by atoms with van der Waals surface area (Å²) in [6, 6.07) is 9.55. The van der Waals surface area contributed by atoms with Crippen LogP contribution in [0, 0.1) is 5.82 Å². The minimum Gasteiger partial charge on any atom is -0.496 e. The van der Waals surface area contributed by atoms with E-state index < -0.39 is 21.9 Å². The Morgan fingerprint density at radius 2 is 1.70 bits per heavy atom. The van der Waals surface area contributed by atoms with Crippen molar-refractivity contribution in [3.63, 3.8) is 0 Å². The van der Waals surface area contributed by atoms with E-state index in [1.165, 1.54) is 38.5 Å². The van der Waals surface area contributed by atoms with E-state index in [9.17, 15) is 12.8 Å². The number of ether oxygens (including phenoxy) is 2. The number of hydrogen-bond donors (Lipinski definition) is 1. The van der Waals surface area contributed by atoms with Gasteiger partial charge in [-0.05, 0) is 37.3 Å². The van der Waals surface area contributed by atoms with Gasteiger partial charge in [-0.25, -0.2) is 17.5 Å². The Hall–Kier alpha value is -2.12. The lowest BCUT2D eigenvalue weighted by molar-refractivity contribution is 0.400. The quantitative estimate of drug-likeness (QED) is 0.879. The molecular formula is C16H18FNO4S. The highest BCUT2D eigenvalue weighted by Crippen LogP contribution is 2.29. The van der Waals surface area contributed by atoms with E-state index in [1.54, 1.807) is 25.1 Å². The molecule has 0 aliphatic rings. The zero-order chi connectivity index (χ0) is 17.0. The number of sulfonamides is 1. The monoisotopic (exact) mass is 339 g/mol. The van der Waals surface area contributed by atoms with Crippen LogP contribution < -0.4 is 14.2 Å². The van der Waals surface area contributed by atoms with Gasteiger partial charge in [0.2, 0.25) is 10.0 Å². The van der Waals surface area contributed by atoms with Gasteiger partial charge < -0.3 is 9.47 Å². The second-order valence-electron chi connectivity index (χ2n) is 4.88. The fourth-order valence-corrected chi connectivity index (χ4v) is 3.64. The standard InChI is InChI=1S/C16H18FNO4S/c1-11(13-10-12(17)8-9-14(13)21-2)18-23(19,20)16-7-5-4-6-15(16)22-3/h4-11,18H,1-3H3/t11-/m1/s1. The smallest absolute Gasteiger partial charge is 0.244 e. The summed E-state index contributed by atoms with van der Waals surface area (Å²) >= 11 is 0. The number of rotatable bonds is 6. The zero-order valence-electron chi connectivity index (χ0n) is 13.0. The molecule has 0 aliphatic carbocycles. The van der Waals surface area contributed by atoms with Crippen molar-refractivity contribution in [2.75, 3.05) is 14.2 Å². The average Bonchev–Trinajstić information content (AvgIpc) is 2.54. The van der Waals surface area contributed by atoms with E-state index in [0.717, 1.165) is 0 Å². The molecule has 23 heavy (non-hydrogen) atoms. The van der Waals surface area contributed by atoms with Crippen LogP contribution in [0.3, 0.4) is 0 Å². The maximum atomic E-state index is 13.5. The molecule has 0 fully saturated rings. The minimum absolute atomic E-state index is 0.0183. The molecule has 0 bridgehead atoms. The van der Waals surface area contributed by atoms with Crippen LogP contribution in [0.2, 0.25) is 0 Å². The van der Waals surface area contributed by atoms with Gasteiger partial charge in [-0.15, -0.1) is 0 Å². The number of benzene rings is 2. The van der Waals surface area contributed by atoms with Gasteiger partial charge in [-0.2, -0.15) is 0 Å². The molecule has 1 N–H and O–H groups in total. The summed E-state index contributed by atoms with van der Waals surface area (Å²) in [6.45, 7) is 1.62. The lowest BCUT2D eigenvalue weighted by Gasteiger charge is -2.18. The highest BCUT2D eigenvalue weighted by molar-refractivity contribution is 7.89. The third kappa shape index (κ3) is 3.80. The Morgan fingerprint density at radius 1 is 1.04 bits per heavy atom. The second-order valence-corrected chi connectivity index (χ2v) is 6.56. The molecular weight excluding hydrogens is 321 g/mol. The van der Waals surface area contributed by atoms with E-state index in [4.69, 9.17) is 9.47 Å². The highest BCUT2D eigenvalue weighted by Gasteiger charge is 2.23. The number of halogens is 1. The maximum absolute atomic E-state index is 13.5. The van der Waals surface area contributed by atoms with Crippen LogP contribution in [0.15, 0.2) is 47.4 Å². The van der Waals surface area contributed by atoms with Gasteiger partial charge in [0.05, 0.1) is 14.2 Å². The first-order valence-electron chi connectivity index (χ1n) is 6.88. The van der Waals surface area contributed by atoms with Crippen LogP contribution in [-0.4, -0.2) is 22.6 Å². The first kappa shape index (κ1) is 17.2. The van der Waals surface area contributed by atoms with E-state index in [1.807, 2.05) is 0 Å².